The number of benzene rings is 1. The summed E-state index contributed by atoms with van der Waals surface area (Å²) in [7, 11) is 0. The monoisotopic (exact) mass is 257 g/mol. The van der Waals surface area contributed by atoms with Gasteiger partial charge in [-0.2, -0.15) is 0 Å². The van der Waals surface area contributed by atoms with Crippen LogP contribution in [0, 0.1) is 6.92 Å². The first-order valence-corrected chi connectivity index (χ1v) is 7.14. The Morgan fingerprint density at radius 2 is 2.26 bits per heavy atom. The van der Waals surface area contributed by atoms with Crippen LogP contribution in [0.3, 0.4) is 0 Å². The highest BCUT2D eigenvalue weighted by Crippen LogP contribution is 2.44. The van der Waals surface area contributed by atoms with E-state index in [1.807, 2.05) is 12.1 Å². The Bertz CT molecular complexity index is 633. The van der Waals surface area contributed by atoms with Gasteiger partial charge in [0.15, 0.2) is 0 Å². The van der Waals surface area contributed by atoms with Gasteiger partial charge in [-0.1, -0.05) is 18.2 Å². The van der Waals surface area contributed by atoms with Crippen molar-refractivity contribution in [2.45, 2.75) is 37.8 Å². The summed E-state index contributed by atoms with van der Waals surface area (Å²) in [6.45, 7) is 4.15. The number of aryl methyl sites for hydroxylation is 1. The van der Waals surface area contributed by atoms with E-state index in [2.05, 4.69) is 24.0 Å². The SMILES string of the molecule is Cc1cccc2cc(C3(O)CCN4CCCC43)oc12. The lowest BCUT2D eigenvalue weighted by Gasteiger charge is -2.27. The lowest BCUT2D eigenvalue weighted by Crippen LogP contribution is -2.38. The zero-order valence-corrected chi connectivity index (χ0v) is 11.2. The summed E-state index contributed by atoms with van der Waals surface area (Å²) in [4.78, 5) is 2.40. The molecule has 2 aromatic rings. The van der Waals surface area contributed by atoms with Crippen LogP contribution in [0.25, 0.3) is 11.0 Å². The molecule has 2 aliphatic rings. The maximum Gasteiger partial charge on any atom is 0.139 e. The van der Waals surface area contributed by atoms with Crippen molar-refractivity contribution < 1.29 is 9.52 Å². The molecule has 0 aliphatic carbocycles. The van der Waals surface area contributed by atoms with Crippen LogP contribution in [0.5, 0.6) is 0 Å². The minimum atomic E-state index is -0.790. The number of fused-ring (bicyclic) bond motifs is 2. The van der Waals surface area contributed by atoms with Crippen LogP contribution in [-0.2, 0) is 5.60 Å². The van der Waals surface area contributed by atoms with Crippen LogP contribution < -0.4 is 0 Å². The molecule has 4 rings (SSSR count). The van der Waals surface area contributed by atoms with Crippen molar-refractivity contribution >= 4 is 11.0 Å². The van der Waals surface area contributed by atoms with Gasteiger partial charge in [-0.15, -0.1) is 0 Å². The van der Waals surface area contributed by atoms with E-state index in [1.165, 1.54) is 6.42 Å². The molecule has 3 heterocycles. The highest BCUT2D eigenvalue weighted by atomic mass is 16.4. The standard InChI is InChI=1S/C16H19NO2/c1-11-4-2-5-12-10-14(19-15(11)12)16(18)7-9-17-8-3-6-13(16)17/h2,4-5,10,13,18H,3,6-9H2,1H3. The van der Waals surface area contributed by atoms with Crippen molar-refractivity contribution in [3.05, 3.63) is 35.6 Å². The average molecular weight is 257 g/mol. The van der Waals surface area contributed by atoms with Gasteiger partial charge in [0.25, 0.3) is 0 Å². The van der Waals surface area contributed by atoms with Crippen LogP contribution in [0.2, 0.25) is 0 Å². The Balaban J connectivity index is 1.83. The van der Waals surface area contributed by atoms with Crippen molar-refractivity contribution in [1.82, 2.24) is 4.90 Å². The molecule has 2 fully saturated rings. The van der Waals surface area contributed by atoms with E-state index in [9.17, 15) is 5.11 Å². The molecule has 1 aromatic heterocycles. The van der Waals surface area contributed by atoms with Gasteiger partial charge in [-0.25, -0.2) is 0 Å². The molecule has 2 saturated heterocycles. The minimum Gasteiger partial charge on any atom is -0.458 e. The summed E-state index contributed by atoms with van der Waals surface area (Å²) < 4.78 is 6.02. The predicted molar refractivity (Wildman–Crippen MR) is 74.1 cm³/mol. The quantitative estimate of drug-likeness (QED) is 0.853. The molecule has 19 heavy (non-hydrogen) atoms. The average Bonchev–Trinajstić information content (AvgIpc) is 3.07. The van der Waals surface area contributed by atoms with E-state index >= 15 is 0 Å². The molecule has 0 radical (unpaired) electrons. The first-order valence-electron chi connectivity index (χ1n) is 7.14. The number of nitrogens with zero attached hydrogens (tertiary/aromatic N) is 1. The number of hydrogen-bond acceptors (Lipinski definition) is 3. The maximum absolute atomic E-state index is 11.1. The first kappa shape index (κ1) is 11.5. The van der Waals surface area contributed by atoms with Crippen molar-refractivity contribution in [1.29, 1.82) is 0 Å². The Morgan fingerprint density at radius 1 is 1.37 bits per heavy atom. The third-order valence-corrected chi connectivity index (χ3v) is 4.86. The van der Waals surface area contributed by atoms with E-state index in [0.29, 0.717) is 0 Å². The highest BCUT2D eigenvalue weighted by molar-refractivity contribution is 5.81. The summed E-state index contributed by atoms with van der Waals surface area (Å²) in [5, 5.41) is 12.2. The van der Waals surface area contributed by atoms with Gasteiger partial charge in [-0.3, -0.25) is 4.90 Å². The van der Waals surface area contributed by atoms with Crippen molar-refractivity contribution in [2.24, 2.45) is 0 Å². The lowest BCUT2D eigenvalue weighted by molar-refractivity contribution is -0.00882. The molecule has 0 saturated carbocycles. The largest absolute Gasteiger partial charge is 0.458 e. The topological polar surface area (TPSA) is 36.6 Å². The predicted octanol–water partition coefficient (Wildman–Crippen LogP) is 2.80. The summed E-state index contributed by atoms with van der Waals surface area (Å²) in [5.41, 5.74) is 1.26. The summed E-state index contributed by atoms with van der Waals surface area (Å²) in [5.74, 6) is 0.756. The number of aliphatic hydroxyl groups is 1. The third-order valence-electron chi connectivity index (χ3n) is 4.86. The van der Waals surface area contributed by atoms with Crippen LogP contribution in [0.15, 0.2) is 28.7 Å². The maximum atomic E-state index is 11.1. The van der Waals surface area contributed by atoms with Crippen LogP contribution in [0.1, 0.15) is 30.6 Å². The molecule has 3 heteroatoms. The number of para-hydroxylation sites is 1. The van der Waals surface area contributed by atoms with Gasteiger partial charge in [0.1, 0.15) is 16.9 Å². The van der Waals surface area contributed by atoms with E-state index in [1.54, 1.807) is 0 Å². The molecule has 0 bridgehead atoms. The Hall–Kier alpha value is -1.32. The number of furan rings is 1. The zero-order chi connectivity index (χ0) is 13.0. The number of hydrogen-bond donors (Lipinski definition) is 1. The Labute approximate surface area is 112 Å². The van der Waals surface area contributed by atoms with Gasteiger partial charge < -0.3 is 9.52 Å². The van der Waals surface area contributed by atoms with Crippen molar-refractivity contribution in [2.75, 3.05) is 13.1 Å². The molecule has 100 valence electrons. The molecule has 0 amide bonds. The fourth-order valence-electron chi connectivity index (χ4n) is 3.82. The van der Waals surface area contributed by atoms with Crippen molar-refractivity contribution in [3.63, 3.8) is 0 Å². The third kappa shape index (κ3) is 1.52. The first-order chi connectivity index (χ1) is 9.18. The van der Waals surface area contributed by atoms with Gasteiger partial charge in [0.2, 0.25) is 0 Å². The minimum absolute atomic E-state index is 0.244. The number of rotatable bonds is 1. The molecule has 3 nitrogen and oxygen atoms in total. The van der Waals surface area contributed by atoms with Gasteiger partial charge in [0, 0.05) is 18.0 Å². The van der Waals surface area contributed by atoms with Crippen LogP contribution in [0.4, 0.5) is 0 Å². The molecule has 2 aliphatic heterocycles. The van der Waals surface area contributed by atoms with Gasteiger partial charge in [-0.05, 0) is 44.4 Å². The summed E-state index contributed by atoms with van der Waals surface area (Å²) in [6.07, 6.45) is 3.05. The van der Waals surface area contributed by atoms with E-state index in [4.69, 9.17) is 4.42 Å². The van der Waals surface area contributed by atoms with Gasteiger partial charge in [0.05, 0.1) is 0 Å². The zero-order valence-electron chi connectivity index (χ0n) is 11.2. The molecular weight excluding hydrogens is 238 g/mol. The molecule has 0 spiro atoms. The van der Waals surface area contributed by atoms with E-state index < -0.39 is 5.60 Å². The Morgan fingerprint density at radius 3 is 3.11 bits per heavy atom. The van der Waals surface area contributed by atoms with Gasteiger partial charge >= 0.3 is 0 Å². The van der Waals surface area contributed by atoms with E-state index in [0.717, 1.165) is 48.2 Å². The van der Waals surface area contributed by atoms with Crippen molar-refractivity contribution in [3.8, 4) is 0 Å². The summed E-state index contributed by atoms with van der Waals surface area (Å²) in [6, 6.07) is 8.42. The molecular formula is C16H19NO2. The summed E-state index contributed by atoms with van der Waals surface area (Å²) >= 11 is 0. The smallest absolute Gasteiger partial charge is 0.139 e. The molecule has 1 aromatic carbocycles. The molecule has 2 unspecified atom stereocenters. The second-order valence-electron chi connectivity index (χ2n) is 5.97. The van der Waals surface area contributed by atoms with E-state index in [-0.39, 0.29) is 6.04 Å². The highest BCUT2D eigenvalue weighted by Gasteiger charge is 2.51. The van der Waals surface area contributed by atoms with Crippen LogP contribution >= 0.6 is 0 Å². The second-order valence-corrected chi connectivity index (χ2v) is 5.97. The fourth-order valence-corrected chi connectivity index (χ4v) is 3.82. The Kier molecular flexibility index (Phi) is 2.32. The lowest BCUT2D eigenvalue weighted by atomic mass is 9.90. The fraction of sp³-hybridized carbons (Fsp3) is 0.500. The molecule has 1 N–H and O–H groups in total. The normalized spacial score (nSPS) is 31.2. The van der Waals surface area contributed by atoms with Crippen LogP contribution in [-0.4, -0.2) is 29.1 Å². The molecule has 2 atom stereocenters. The second kappa shape index (κ2) is 3.84.